The van der Waals surface area contributed by atoms with E-state index >= 15 is 0 Å². The number of para-hydroxylation sites is 1. The number of hydrogen-bond donors (Lipinski definition) is 1. The van der Waals surface area contributed by atoms with Gasteiger partial charge in [-0.15, -0.1) is 0 Å². The highest BCUT2D eigenvalue weighted by molar-refractivity contribution is 5.36. The van der Waals surface area contributed by atoms with Crippen LogP contribution in [0.3, 0.4) is 0 Å². The lowest BCUT2D eigenvalue weighted by molar-refractivity contribution is 0.128. The first-order valence-electron chi connectivity index (χ1n) is 8.22. The highest BCUT2D eigenvalue weighted by Gasteiger charge is 2.25. The van der Waals surface area contributed by atoms with Gasteiger partial charge in [0.25, 0.3) is 0 Å². The van der Waals surface area contributed by atoms with Crippen LogP contribution in [-0.4, -0.2) is 38.2 Å². The van der Waals surface area contributed by atoms with Crippen molar-refractivity contribution in [1.29, 1.82) is 0 Å². The Morgan fingerprint density at radius 3 is 2.52 bits per heavy atom. The van der Waals surface area contributed by atoms with Gasteiger partial charge in [0.15, 0.2) is 0 Å². The third-order valence-electron chi connectivity index (χ3n) is 4.35. The van der Waals surface area contributed by atoms with Gasteiger partial charge in [0.05, 0.1) is 7.11 Å². The molecule has 118 valence electrons. The molecule has 1 aliphatic heterocycles. The smallest absolute Gasteiger partial charge is 0.123 e. The Morgan fingerprint density at radius 1 is 1.24 bits per heavy atom. The second kappa shape index (κ2) is 7.81. The predicted octanol–water partition coefficient (Wildman–Crippen LogP) is 3.32. The summed E-state index contributed by atoms with van der Waals surface area (Å²) in [4.78, 5) is 2.61. The van der Waals surface area contributed by atoms with Crippen molar-refractivity contribution >= 4 is 0 Å². The van der Waals surface area contributed by atoms with Gasteiger partial charge in [-0.05, 0) is 30.9 Å². The second-order valence-corrected chi connectivity index (χ2v) is 6.52. The van der Waals surface area contributed by atoms with Crippen LogP contribution in [0.2, 0.25) is 0 Å². The van der Waals surface area contributed by atoms with E-state index in [9.17, 15) is 0 Å². The normalized spacial score (nSPS) is 24.8. The van der Waals surface area contributed by atoms with Crippen molar-refractivity contribution in [3.8, 4) is 5.75 Å². The maximum Gasteiger partial charge on any atom is 0.123 e. The Labute approximate surface area is 129 Å². The van der Waals surface area contributed by atoms with E-state index in [4.69, 9.17) is 4.74 Å². The van der Waals surface area contributed by atoms with Crippen LogP contribution < -0.4 is 10.1 Å². The molecule has 0 saturated carbocycles. The minimum Gasteiger partial charge on any atom is -0.496 e. The minimum absolute atomic E-state index is 0.337. The van der Waals surface area contributed by atoms with Crippen LogP contribution in [0, 0.1) is 11.8 Å². The molecule has 2 rings (SSSR count). The van der Waals surface area contributed by atoms with E-state index in [0.29, 0.717) is 6.04 Å². The van der Waals surface area contributed by atoms with E-state index < -0.39 is 0 Å². The molecule has 1 saturated heterocycles. The monoisotopic (exact) mass is 290 g/mol. The van der Waals surface area contributed by atoms with Gasteiger partial charge in [0.2, 0.25) is 0 Å². The van der Waals surface area contributed by atoms with Gasteiger partial charge in [0, 0.05) is 31.2 Å². The molecule has 0 amide bonds. The zero-order chi connectivity index (χ0) is 15.2. The molecular formula is C18H30N2O. The third kappa shape index (κ3) is 4.45. The standard InChI is InChI=1S/C18H30N2O/c1-5-19-17(16-8-6-7-9-18(16)21-4)13-20-11-14(2)10-15(3)12-20/h6-9,14-15,17,19H,5,10-13H2,1-4H3. The Morgan fingerprint density at radius 2 is 1.90 bits per heavy atom. The van der Waals surface area contributed by atoms with E-state index in [1.54, 1.807) is 7.11 Å². The summed E-state index contributed by atoms with van der Waals surface area (Å²) in [6, 6.07) is 8.72. The number of likely N-dealkylation sites (tertiary alicyclic amines) is 1. The number of rotatable bonds is 6. The Bertz CT molecular complexity index is 425. The van der Waals surface area contributed by atoms with Crippen molar-refractivity contribution in [3.05, 3.63) is 29.8 Å². The van der Waals surface area contributed by atoms with Gasteiger partial charge in [-0.2, -0.15) is 0 Å². The van der Waals surface area contributed by atoms with Crippen molar-refractivity contribution < 1.29 is 4.74 Å². The molecule has 0 aromatic heterocycles. The summed E-state index contributed by atoms with van der Waals surface area (Å²) in [5.41, 5.74) is 1.27. The van der Waals surface area contributed by atoms with E-state index in [-0.39, 0.29) is 0 Å². The van der Waals surface area contributed by atoms with Crippen LogP contribution in [0.1, 0.15) is 38.8 Å². The van der Waals surface area contributed by atoms with E-state index in [1.165, 1.54) is 25.1 Å². The Kier molecular flexibility index (Phi) is 6.07. The van der Waals surface area contributed by atoms with Crippen LogP contribution >= 0.6 is 0 Å². The molecule has 3 atom stereocenters. The molecule has 0 radical (unpaired) electrons. The predicted molar refractivity (Wildman–Crippen MR) is 88.8 cm³/mol. The number of hydrogen-bond acceptors (Lipinski definition) is 3. The van der Waals surface area contributed by atoms with E-state index in [0.717, 1.165) is 30.7 Å². The van der Waals surface area contributed by atoms with E-state index in [2.05, 4.69) is 49.2 Å². The molecule has 0 aliphatic carbocycles. The van der Waals surface area contributed by atoms with Crippen LogP contribution in [0.5, 0.6) is 5.75 Å². The molecule has 1 aromatic rings. The summed E-state index contributed by atoms with van der Waals surface area (Å²) < 4.78 is 5.55. The molecule has 0 bridgehead atoms. The lowest BCUT2D eigenvalue weighted by Crippen LogP contribution is -2.43. The van der Waals surface area contributed by atoms with E-state index in [1.807, 2.05) is 6.07 Å². The maximum absolute atomic E-state index is 5.55. The number of methoxy groups -OCH3 is 1. The van der Waals surface area contributed by atoms with Gasteiger partial charge in [-0.25, -0.2) is 0 Å². The highest BCUT2D eigenvalue weighted by atomic mass is 16.5. The lowest BCUT2D eigenvalue weighted by Gasteiger charge is -2.37. The number of benzene rings is 1. The average Bonchev–Trinajstić information content (AvgIpc) is 2.45. The van der Waals surface area contributed by atoms with Crippen LogP contribution in [0.25, 0.3) is 0 Å². The third-order valence-corrected chi connectivity index (χ3v) is 4.35. The molecule has 1 fully saturated rings. The SMILES string of the molecule is CCNC(CN1CC(C)CC(C)C1)c1ccccc1OC. The fourth-order valence-electron chi connectivity index (χ4n) is 3.67. The molecule has 1 aliphatic rings. The zero-order valence-electron chi connectivity index (χ0n) is 13.9. The number of likely N-dealkylation sites (N-methyl/N-ethyl adjacent to an activating group) is 1. The molecule has 3 nitrogen and oxygen atoms in total. The number of nitrogens with zero attached hydrogens (tertiary/aromatic N) is 1. The number of piperidine rings is 1. The summed E-state index contributed by atoms with van der Waals surface area (Å²) in [6.07, 6.45) is 1.36. The largest absolute Gasteiger partial charge is 0.496 e. The first kappa shape index (κ1) is 16.3. The second-order valence-electron chi connectivity index (χ2n) is 6.52. The van der Waals surface area contributed by atoms with Crippen LogP contribution in [-0.2, 0) is 0 Å². The molecule has 1 N–H and O–H groups in total. The van der Waals surface area contributed by atoms with Crippen molar-refractivity contribution in [3.63, 3.8) is 0 Å². The molecular weight excluding hydrogens is 260 g/mol. The first-order chi connectivity index (χ1) is 10.1. The fraction of sp³-hybridized carbons (Fsp3) is 0.667. The molecule has 3 heteroatoms. The maximum atomic E-state index is 5.55. The Balaban J connectivity index is 2.11. The first-order valence-corrected chi connectivity index (χ1v) is 8.22. The van der Waals surface area contributed by atoms with Gasteiger partial charge in [-0.1, -0.05) is 39.0 Å². The quantitative estimate of drug-likeness (QED) is 0.870. The fourth-order valence-corrected chi connectivity index (χ4v) is 3.67. The lowest BCUT2D eigenvalue weighted by atomic mass is 9.91. The topological polar surface area (TPSA) is 24.5 Å². The van der Waals surface area contributed by atoms with Crippen molar-refractivity contribution in [2.24, 2.45) is 11.8 Å². The average molecular weight is 290 g/mol. The molecule has 1 heterocycles. The summed E-state index contributed by atoms with van der Waals surface area (Å²) >= 11 is 0. The zero-order valence-corrected chi connectivity index (χ0v) is 13.9. The Hall–Kier alpha value is -1.06. The molecule has 0 spiro atoms. The van der Waals surface area contributed by atoms with Crippen molar-refractivity contribution in [1.82, 2.24) is 10.2 Å². The summed E-state index contributed by atoms with van der Waals surface area (Å²) in [5.74, 6) is 2.59. The van der Waals surface area contributed by atoms with Gasteiger partial charge >= 0.3 is 0 Å². The summed E-state index contributed by atoms with van der Waals surface area (Å²) in [7, 11) is 1.76. The highest BCUT2D eigenvalue weighted by Crippen LogP contribution is 2.28. The van der Waals surface area contributed by atoms with Crippen molar-refractivity contribution in [2.75, 3.05) is 33.3 Å². The summed E-state index contributed by atoms with van der Waals surface area (Å²) in [6.45, 7) is 11.4. The van der Waals surface area contributed by atoms with Crippen LogP contribution in [0.4, 0.5) is 0 Å². The minimum atomic E-state index is 0.337. The van der Waals surface area contributed by atoms with Crippen molar-refractivity contribution in [2.45, 2.75) is 33.2 Å². The molecule has 3 unspecified atom stereocenters. The van der Waals surface area contributed by atoms with Gasteiger partial charge in [0.1, 0.15) is 5.75 Å². The van der Waals surface area contributed by atoms with Gasteiger partial charge < -0.3 is 15.0 Å². The summed E-state index contributed by atoms with van der Waals surface area (Å²) in [5, 5.41) is 3.63. The molecule has 21 heavy (non-hydrogen) atoms. The van der Waals surface area contributed by atoms with Crippen LogP contribution in [0.15, 0.2) is 24.3 Å². The molecule has 1 aromatic carbocycles. The van der Waals surface area contributed by atoms with Gasteiger partial charge in [-0.3, -0.25) is 0 Å². The number of ether oxygens (including phenoxy) is 1. The number of nitrogens with one attached hydrogen (secondary N) is 1.